The standard InChI is InChI=1S/C18H22N6O4/c1-23(13-4-2-12(3-5-13)17(19)20)16(26)7-6-15(25)22-10-14(18(27)28)24-9-8-21-11-24/h2-5,8-9,11,14H,6-7,10H2,1H3,(H3,19,20)(H,22,25)(H,27,28). The number of nitrogens with two attached hydrogens (primary N) is 1. The number of carbonyl (C=O) groups is 3. The molecule has 1 aromatic heterocycles. The molecule has 0 aliphatic carbocycles. The van der Waals surface area contributed by atoms with Gasteiger partial charge in [0.15, 0.2) is 0 Å². The number of nitrogens with one attached hydrogen (secondary N) is 2. The Balaban J connectivity index is 1.83. The number of amidine groups is 1. The molecule has 0 fully saturated rings. The van der Waals surface area contributed by atoms with Gasteiger partial charge in [0.05, 0.1) is 6.33 Å². The zero-order valence-corrected chi connectivity index (χ0v) is 15.3. The Morgan fingerprint density at radius 3 is 2.50 bits per heavy atom. The highest BCUT2D eigenvalue weighted by molar-refractivity contribution is 5.97. The molecule has 0 spiro atoms. The summed E-state index contributed by atoms with van der Waals surface area (Å²) in [5.74, 6) is -1.84. The van der Waals surface area contributed by atoms with Crippen LogP contribution in [0.2, 0.25) is 0 Å². The van der Waals surface area contributed by atoms with Crippen LogP contribution in [0, 0.1) is 5.41 Å². The summed E-state index contributed by atoms with van der Waals surface area (Å²) in [5, 5.41) is 19.1. The Hall–Kier alpha value is -3.69. The van der Waals surface area contributed by atoms with Gasteiger partial charge in [-0.25, -0.2) is 9.78 Å². The lowest BCUT2D eigenvalue weighted by molar-refractivity contribution is -0.141. The van der Waals surface area contributed by atoms with Crippen molar-refractivity contribution in [1.82, 2.24) is 14.9 Å². The number of hydrogen-bond acceptors (Lipinski definition) is 5. The molecule has 0 aliphatic heterocycles. The summed E-state index contributed by atoms with van der Waals surface area (Å²) in [7, 11) is 1.59. The number of rotatable bonds is 9. The van der Waals surface area contributed by atoms with E-state index in [4.69, 9.17) is 11.1 Å². The summed E-state index contributed by atoms with van der Waals surface area (Å²) in [6.07, 6.45) is 4.22. The van der Waals surface area contributed by atoms with E-state index in [1.54, 1.807) is 31.3 Å². The molecule has 0 aliphatic rings. The van der Waals surface area contributed by atoms with Gasteiger partial charge in [0, 0.05) is 50.1 Å². The summed E-state index contributed by atoms with van der Waals surface area (Å²) in [6.45, 7) is -0.110. The fraction of sp³-hybridized carbons (Fsp3) is 0.278. The molecule has 1 heterocycles. The van der Waals surface area contributed by atoms with E-state index in [1.165, 1.54) is 28.2 Å². The number of aromatic nitrogens is 2. The van der Waals surface area contributed by atoms with Crippen molar-refractivity contribution < 1.29 is 19.5 Å². The van der Waals surface area contributed by atoms with Gasteiger partial charge in [0.25, 0.3) is 0 Å². The number of nitrogens with zero attached hydrogens (tertiary/aromatic N) is 3. The number of aliphatic carboxylic acids is 1. The Labute approximate surface area is 161 Å². The van der Waals surface area contributed by atoms with E-state index in [0.29, 0.717) is 11.3 Å². The molecule has 10 heteroatoms. The van der Waals surface area contributed by atoms with E-state index in [-0.39, 0.29) is 31.1 Å². The molecular formula is C18H22N6O4. The Morgan fingerprint density at radius 2 is 1.96 bits per heavy atom. The molecule has 2 aromatic rings. The largest absolute Gasteiger partial charge is 0.480 e. The van der Waals surface area contributed by atoms with E-state index in [9.17, 15) is 19.5 Å². The third-order valence-electron chi connectivity index (χ3n) is 4.17. The number of carboxylic acid groups (broad SMARTS) is 1. The average molecular weight is 386 g/mol. The summed E-state index contributed by atoms with van der Waals surface area (Å²) in [5.41, 5.74) is 6.56. The number of nitrogen functional groups attached to an aromatic ring is 1. The van der Waals surface area contributed by atoms with E-state index >= 15 is 0 Å². The van der Waals surface area contributed by atoms with Crippen molar-refractivity contribution in [2.75, 3.05) is 18.5 Å². The Morgan fingerprint density at radius 1 is 1.29 bits per heavy atom. The fourth-order valence-corrected chi connectivity index (χ4v) is 2.47. The third-order valence-corrected chi connectivity index (χ3v) is 4.17. The molecule has 5 N–H and O–H groups in total. The fourth-order valence-electron chi connectivity index (χ4n) is 2.47. The van der Waals surface area contributed by atoms with E-state index in [0.717, 1.165) is 0 Å². The maximum Gasteiger partial charge on any atom is 0.328 e. The molecule has 0 radical (unpaired) electrons. The predicted molar refractivity (Wildman–Crippen MR) is 102 cm³/mol. The van der Waals surface area contributed by atoms with Gasteiger partial charge in [-0.05, 0) is 24.3 Å². The second kappa shape index (κ2) is 9.31. The first-order valence-electron chi connectivity index (χ1n) is 8.47. The second-order valence-corrected chi connectivity index (χ2v) is 6.08. The Bertz CT molecular complexity index is 847. The highest BCUT2D eigenvalue weighted by atomic mass is 16.4. The number of imidazole rings is 1. The van der Waals surface area contributed by atoms with Crippen LogP contribution in [0.1, 0.15) is 24.4 Å². The lowest BCUT2D eigenvalue weighted by Crippen LogP contribution is -2.35. The first-order valence-corrected chi connectivity index (χ1v) is 8.47. The highest BCUT2D eigenvalue weighted by Gasteiger charge is 2.20. The molecule has 148 valence electrons. The molecular weight excluding hydrogens is 364 g/mol. The quantitative estimate of drug-likeness (QED) is 0.360. The molecule has 10 nitrogen and oxygen atoms in total. The van der Waals surface area contributed by atoms with Crippen molar-refractivity contribution in [1.29, 1.82) is 5.41 Å². The monoisotopic (exact) mass is 386 g/mol. The van der Waals surface area contributed by atoms with E-state index in [2.05, 4.69) is 10.3 Å². The van der Waals surface area contributed by atoms with E-state index < -0.39 is 17.9 Å². The minimum Gasteiger partial charge on any atom is -0.480 e. The van der Waals surface area contributed by atoms with Crippen molar-refractivity contribution in [3.63, 3.8) is 0 Å². The Kier molecular flexibility index (Phi) is 6.85. The van der Waals surface area contributed by atoms with Gasteiger partial charge in [0.1, 0.15) is 11.9 Å². The van der Waals surface area contributed by atoms with Crippen LogP contribution in [0.3, 0.4) is 0 Å². The van der Waals surface area contributed by atoms with Gasteiger partial charge in [-0.3, -0.25) is 15.0 Å². The van der Waals surface area contributed by atoms with Crippen LogP contribution in [0.4, 0.5) is 5.69 Å². The van der Waals surface area contributed by atoms with Gasteiger partial charge >= 0.3 is 5.97 Å². The first-order chi connectivity index (χ1) is 13.3. The number of carbonyl (C=O) groups excluding carboxylic acids is 2. The number of carboxylic acids is 1. The third kappa shape index (κ3) is 5.40. The summed E-state index contributed by atoms with van der Waals surface area (Å²) < 4.78 is 1.38. The van der Waals surface area contributed by atoms with Crippen molar-refractivity contribution in [2.24, 2.45) is 5.73 Å². The molecule has 1 aromatic carbocycles. The van der Waals surface area contributed by atoms with Crippen LogP contribution in [-0.2, 0) is 14.4 Å². The molecule has 0 saturated heterocycles. The lowest BCUT2D eigenvalue weighted by atomic mass is 10.1. The molecule has 1 atom stereocenters. The molecule has 2 rings (SSSR count). The normalized spacial score (nSPS) is 11.5. The number of anilines is 1. The molecule has 0 saturated carbocycles. The zero-order chi connectivity index (χ0) is 20.7. The molecule has 2 amide bonds. The van der Waals surface area contributed by atoms with Crippen molar-refractivity contribution in [2.45, 2.75) is 18.9 Å². The zero-order valence-electron chi connectivity index (χ0n) is 15.3. The topological polar surface area (TPSA) is 154 Å². The molecule has 1 unspecified atom stereocenters. The van der Waals surface area contributed by atoms with Crippen LogP contribution in [0.5, 0.6) is 0 Å². The van der Waals surface area contributed by atoms with Crippen molar-refractivity contribution in [3.8, 4) is 0 Å². The van der Waals surface area contributed by atoms with Crippen LogP contribution < -0.4 is 16.0 Å². The lowest BCUT2D eigenvalue weighted by Gasteiger charge is -2.18. The van der Waals surface area contributed by atoms with Gasteiger partial charge < -0.3 is 25.6 Å². The van der Waals surface area contributed by atoms with Crippen LogP contribution in [0.15, 0.2) is 43.0 Å². The number of hydrogen-bond donors (Lipinski definition) is 4. The average Bonchev–Trinajstić information content (AvgIpc) is 3.19. The predicted octanol–water partition coefficient (Wildman–Crippen LogP) is 0.352. The molecule has 28 heavy (non-hydrogen) atoms. The first kappa shape index (κ1) is 20.6. The van der Waals surface area contributed by atoms with Crippen molar-refractivity contribution >= 4 is 29.3 Å². The van der Waals surface area contributed by atoms with Crippen LogP contribution >= 0.6 is 0 Å². The van der Waals surface area contributed by atoms with Crippen molar-refractivity contribution in [3.05, 3.63) is 48.5 Å². The molecule has 0 bridgehead atoms. The minimum atomic E-state index is -1.09. The number of benzene rings is 1. The minimum absolute atomic E-state index is 0.0282. The number of amides is 2. The highest BCUT2D eigenvalue weighted by Crippen LogP contribution is 2.15. The summed E-state index contributed by atoms with van der Waals surface area (Å²) in [4.78, 5) is 40.8. The smallest absolute Gasteiger partial charge is 0.328 e. The van der Waals surface area contributed by atoms with Gasteiger partial charge in [-0.1, -0.05) is 0 Å². The van der Waals surface area contributed by atoms with Crippen LogP contribution in [0.25, 0.3) is 0 Å². The van der Waals surface area contributed by atoms with Gasteiger partial charge in [-0.15, -0.1) is 0 Å². The maximum absolute atomic E-state index is 12.3. The van der Waals surface area contributed by atoms with Crippen LogP contribution in [-0.4, -0.2) is 51.9 Å². The second-order valence-electron chi connectivity index (χ2n) is 6.08. The summed E-state index contributed by atoms with van der Waals surface area (Å²) >= 11 is 0. The SMILES string of the molecule is CN(C(=O)CCC(=O)NCC(C(=O)O)n1ccnc1)c1ccc(C(=N)N)cc1. The van der Waals surface area contributed by atoms with Gasteiger partial charge in [-0.2, -0.15) is 0 Å². The van der Waals surface area contributed by atoms with E-state index in [1.807, 2.05) is 0 Å². The maximum atomic E-state index is 12.3. The van der Waals surface area contributed by atoms with Gasteiger partial charge in [0.2, 0.25) is 11.8 Å². The summed E-state index contributed by atoms with van der Waals surface area (Å²) in [6, 6.07) is 5.63.